The molecule has 0 aliphatic rings. The first-order chi connectivity index (χ1) is 36.9. The van der Waals surface area contributed by atoms with E-state index in [-0.39, 0.29) is 0 Å². The number of hydrogen-bond donors (Lipinski definition) is 0. The van der Waals surface area contributed by atoms with Gasteiger partial charge in [-0.3, -0.25) is 18.2 Å². The quantitative estimate of drug-likeness (QED) is 0.151. The molecule has 12 radical (unpaired) electrons. The Labute approximate surface area is 452 Å². The van der Waals surface area contributed by atoms with Crippen molar-refractivity contribution in [1.29, 1.82) is 0 Å². The number of para-hydroxylation sites is 6. The van der Waals surface area contributed by atoms with Crippen molar-refractivity contribution in [3.63, 3.8) is 0 Å². The van der Waals surface area contributed by atoms with Gasteiger partial charge in [-0.25, -0.2) is 29.9 Å². The summed E-state index contributed by atoms with van der Waals surface area (Å²) in [6, 6.07) is 26.0. The number of rotatable bonds is 6. The average Bonchev–Trinajstić information content (AvgIpc) is 4.21. The molecule has 0 unspecified atom stereocenters. The molecular formula is C54H63B9N12. The number of nitrogens with zero attached hydrogens (tertiary/aromatic N) is 12. The summed E-state index contributed by atoms with van der Waals surface area (Å²) in [6.07, 6.45) is 8.51. The number of fused-ring (bicyclic) bond motifs is 15. The maximum absolute atomic E-state index is 5.61. The van der Waals surface area contributed by atoms with E-state index in [0.29, 0.717) is 0 Å². The van der Waals surface area contributed by atoms with E-state index in [1.165, 1.54) is 14.1 Å². The Morgan fingerprint density at radius 3 is 1.27 bits per heavy atom. The van der Waals surface area contributed by atoms with Crippen LogP contribution in [-0.2, 0) is 0 Å². The van der Waals surface area contributed by atoms with Crippen LogP contribution in [0.5, 0.6) is 0 Å². The van der Waals surface area contributed by atoms with Crippen LogP contribution in [0.2, 0.25) is 0 Å². The summed E-state index contributed by atoms with van der Waals surface area (Å²) in [7, 11) is 27.1. The van der Waals surface area contributed by atoms with Crippen molar-refractivity contribution in [2.75, 3.05) is 0 Å². The molecule has 9 aromatic heterocycles. The Balaban J connectivity index is 0.000000221. The largest absolute Gasteiger partial charge is 0.277 e. The molecule has 12 nitrogen and oxygen atoms in total. The smallest absolute Gasteiger partial charge is 0.169 e. The lowest BCUT2D eigenvalue weighted by molar-refractivity contribution is 1.04. The van der Waals surface area contributed by atoms with Crippen molar-refractivity contribution in [2.45, 2.75) is 104 Å². The summed E-state index contributed by atoms with van der Waals surface area (Å²) in [5, 5.41) is 10.4. The second-order valence-electron chi connectivity index (χ2n) is 14.7. The van der Waals surface area contributed by atoms with E-state index in [4.69, 9.17) is 38.2 Å². The van der Waals surface area contributed by atoms with Gasteiger partial charge < -0.3 is 0 Å². The summed E-state index contributed by atoms with van der Waals surface area (Å²) in [5.41, 5.74) is 18.0. The minimum absolute atomic E-state index is 0.813. The van der Waals surface area contributed by atoms with Gasteiger partial charge in [0.05, 0.1) is 39.3 Å². The molecule has 75 heavy (non-hydrogen) atoms. The Kier molecular flexibility index (Phi) is 24.7. The summed E-state index contributed by atoms with van der Waals surface area (Å²) in [4.78, 5) is 31.8. The first kappa shape index (κ1) is 60.7. The highest BCUT2D eigenvalue weighted by molar-refractivity contribution is 7.28. The predicted octanol–water partition coefficient (Wildman–Crippen LogP) is 8.47. The van der Waals surface area contributed by atoms with Crippen LogP contribution in [-0.4, -0.2) is 124 Å². The highest BCUT2D eigenvalue weighted by Gasteiger charge is 2.19. The Morgan fingerprint density at radius 1 is 0.400 bits per heavy atom. The second kappa shape index (κ2) is 30.5. The van der Waals surface area contributed by atoms with Gasteiger partial charge >= 0.3 is 0 Å². The molecule has 0 saturated carbocycles. The number of aryl methyl sites for hydroxylation is 3. The molecule has 0 aliphatic carbocycles. The van der Waals surface area contributed by atoms with E-state index in [9.17, 15) is 0 Å². The summed E-state index contributed by atoms with van der Waals surface area (Å²) >= 11 is 0. The molecule has 0 amide bonds. The first-order valence-electron chi connectivity index (χ1n) is 26.1. The van der Waals surface area contributed by atoms with Crippen LogP contribution < -0.4 is 16.4 Å². The van der Waals surface area contributed by atoms with Crippen LogP contribution in [0.4, 0.5) is 0 Å². The van der Waals surface area contributed by atoms with E-state index in [1.54, 1.807) is 32.0 Å². The standard InChI is InChI=1S/3C14H9B3N4.6C2H6/c1-8-9-6-18-7-19-13(9)21-11-5-3-2-4-10(11)20-14(21)12(8)16-17-15;1-8-9-6-7-18-20-13(9)21-11-5-3-2-4-10(11)19-14(21)12(8)16-17-15;1-8-11(16-17-15)13-20-9-4-2-3-5-10(9)21(13)14-12(8)18-6-7-19-14;6*1-2/h3*2-7H,1H3;6*1-2H3. The normalized spacial score (nSPS) is 9.96. The zero-order valence-corrected chi connectivity index (χ0v) is 46.5. The number of hydrogen-bond acceptors (Lipinski definition) is 9. The molecule has 9 heterocycles. The molecule has 0 saturated heterocycles. The molecule has 3 aromatic carbocycles. The maximum Gasteiger partial charge on any atom is 0.169 e. The zero-order chi connectivity index (χ0) is 55.2. The highest BCUT2D eigenvalue weighted by Crippen LogP contribution is 2.25. The summed E-state index contributed by atoms with van der Waals surface area (Å²) in [5.74, 6) is 0. The Hall–Kier alpha value is -6.89. The molecule has 0 atom stereocenters. The van der Waals surface area contributed by atoms with E-state index in [1.807, 2.05) is 212 Å². The van der Waals surface area contributed by atoms with Crippen molar-refractivity contribution >= 4 is 166 Å². The van der Waals surface area contributed by atoms with Gasteiger partial charge in [-0.15, -0.1) is 5.10 Å². The van der Waals surface area contributed by atoms with E-state index >= 15 is 0 Å². The monoisotopic (exact) mass is 979 g/mol. The van der Waals surface area contributed by atoms with Crippen molar-refractivity contribution in [3.05, 3.63) is 127 Å². The van der Waals surface area contributed by atoms with Crippen molar-refractivity contribution in [2.24, 2.45) is 0 Å². The van der Waals surface area contributed by atoms with Gasteiger partial charge in [0.25, 0.3) is 0 Å². The second-order valence-corrected chi connectivity index (χ2v) is 14.7. The van der Waals surface area contributed by atoms with E-state index in [0.717, 1.165) is 116 Å². The van der Waals surface area contributed by atoms with Crippen LogP contribution in [0.3, 0.4) is 0 Å². The Bertz CT molecular complexity index is 3330. The number of imidazole rings is 3. The zero-order valence-electron chi connectivity index (χ0n) is 46.5. The summed E-state index contributed by atoms with van der Waals surface area (Å²) in [6.45, 7) is 30.1. The molecule has 21 heteroatoms. The fraction of sp³-hybridized carbons (Fsp3) is 0.278. The van der Waals surface area contributed by atoms with Crippen LogP contribution in [0.15, 0.2) is 110 Å². The minimum Gasteiger partial charge on any atom is -0.277 e. The molecule has 0 bridgehead atoms. The molecular weight excluding hydrogens is 914 g/mol. The third-order valence-electron chi connectivity index (χ3n) is 11.3. The van der Waals surface area contributed by atoms with Gasteiger partial charge in [0.15, 0.2) is 11.3 Å². The van der Waals surface area contributed by atoms with Crippen molar-refractivity contribution in [1.82, 2.24) is 58.3 Å². The average molecular weight is 977 g/mol. The van der Waals surface area contributed by atoms with Gasteiger partial charge in [0, 0.05) is 73.8 Å². The topological polar surface area (TPSA) is 129 Å². The van der Waals surface area contributed by atoms with Gasteiger partial charge in [-0.1, -0.05) is 136 Å². The third kappa shape index (κ3) is 12.3. The fourth-order valence-electron chi connectivity index (χ4n) is 8.38. The molecule has 0 aliphatic heterocycles. The molecule has 12 aromatic rings. The molecule has 0 N–H and O–H groups in total. The Morgan fingerprint density at radius 2 is 0.800 bits per heavy atom. The van der Waals surface area contributed by atoms with Gasteiger partial charge in [0.2, 0.25) is 0 Å². The van der Waals surface area contributed by atoms with Crippen LogP contribution >= 0.6 is 0 Å². The summed E-state index contributed by atoms with van der Waals surface area (Å²) < 4.78 is 6.15. The predicted molar refractivity (Wildman–Crippen MR) is 330 cm³/mol. The number of benzene rings is 3. The van der Waals surface area contributed by atoms with Crippen molar-refractivity contribution < 1.29 is 0 Å². The molecule has 366 valence electrons. The minimum atomic E-state index is 0.813. The number of pyridine rings is 3. The fourth-order valence-corrected chi connectivity index (χ4v) is 8.38. The van der Waals surface area contributed by atoms with Gasteiger partial charge in [-0.05, 0) is 79.9 Å². The third-order valence-corrected chi connectivity index (χ3v) is 11.3. The van der Waals surface area contributed by atoms with Crippen molar-refractivity contribution in [3.8, 4) is 0 Å². The van der Waals surface area contributed by atoms with E-state index in [2.05, 4.69) is 41.5 Å². The maximum atomic E-state index is 5.61. The molecule has 0 fully saturated rings. The van der Waals surface area contributed by atoms with Crippen LogP contribution in [0, 0.1) is 20.8 Å². The van der Waals surface area contributed by atoms with E-state index < -0.39 is 0 Å². The highest BCUT2D eigenvalue weighted by atomic mass is 15.2. The lowest BCUT2D eigenvalue weighted by Crippen LogP contribution is -2.27. The number of aromatic nitrogens is 12. The van der Waals surface area contributed by atoms with Gasteiger partial charge in [0.1, 0.15) is 55.9 Å². The molecule has 0 spiro atoms. The first-order valence-corrected chi connectivity index (χ1v) is 26.1. The van der Waals surface area contributed by atoms with Crippen LogP contribution in [0.25, 0.3) is 83.3 Å². The lowest BCUT2D eigenvalue weighted by atomic mass is 9.26. The SMILES string of the molecule is CC.CC.CC.CC.CC.CC.[B][B][B]c1c(C)c2ccnnc2n2c1nc1ccccc12.[B][B][B]c1c(C)c2cncnc2n2c1nc1ccccc12.[B][B][B]c1c(C)c2nccnc2n2c1nc1ccccc12. The lowest BCUT2D eigenvalue weighted by Gasteiger charge is -2.11. The molecule has 12 rings (SSSR count). The van der Waals surface area contributed by atoms with Gasteiger partial charge in [-0.2, -0.15) is 5.10 Å². The van der Waals surface area contributed by atoms with Crippen LogP contribution in [0.1, 0.15) is 99.8 Å².